The summed E-state index contributed by atoms with van der Waals surface area (Å²) in [5.74, 6) is 2.54. The highest BCUT2D eigenvalue weighted by Gasteiger charge is 2.23. The Balaban J connectivity index is 1.33. The van der Waals surface area contributed by atoms with Gasteiger partial charge in [0.15, 0.2) is 5.11 Å². The molecule has 31 heavy (non-hydrogen) atoms. The van der Waals surface area contributed by atoms with Gasteiger partial charge < -0.3 is 20.4 Å². The summed E-state index contributed by atoms with van der Waals surface area (Å²) in [6, 6.07) is 10.5. The third-order valence-electron chi connectivity index (χ3n) is 5.96. The molecule has 6 nitrogen and oxygen atoms in total. The Kier molecular flexibility index (Phi) is 7.13. The van der Waals surface area contributed by atoms with E-state index in [1.54, 1.807) is 0 Å². The molecular weight excluding hydrogens is 428 g/mol. The topological polar surface area (TPSA) is 56.3 Å². The van der Waals surface area contributed by atoms with Gasteiger partial charge in [0.2, 0.25) is 5.95 Å². The van der Waals surface area contributed by atoms with Gasteiger partial charge >= 0.3 is 0 Å². The first-order valence-corrected chi connectivity index (χ1v) is 11.9. The minimum absolute atomic E-state index is 0.415. The quantitative estimate of drug-likeness (QED) is 0.497. The van der Waals surface area contributed by atoms with E-state index in [9.17, 15) is 0 Å². The maximum absolute atomic E-state index is 6.28. The molecule has 0 amide bonds. The molecule has 2 N–H and O–H groups in total. The minimum atomic E-state index is 0.415. The number of nitrogens with one attached hydrogen (secondary N) is 2. The highest BCUT2D eigenvalue weighted by atomic mass is 35.5. The van der Waals surface area contributed by atoms with E-state index in [1.807, 2.05) is 6.07 Å². The van der Waals surface area contributed by atoms with Gasteiger partial charge in [0.05, 0.1) is 0 Å². The molecule has 0 spiro atoms. The van der Waals surface area contributed by atoms with Crippen LogP contribution in [0.2, 0.25) is 5.15 Å². The Labute approximate surface area is 195 Å². The second-order valence-corrected chi connectivity index (χ2v) is 9.69. The summed E-state index contributed by atoms with van der Waals surface area (Å²) in [5, 5.41) is 7.23. The molecule has 0 aliphatic carbocycles. The van der Waals surface area contributed by atoms with Crippen LogP contribution in [0.3, 0.4) is 0 Å². The van der Waals surface area contributed by atoms with Crippen LogP contribution in [0.4, 0.5) is 17.5 Å². The van der Waals surface area contributed by atoms with Crippen molar-refractivity contribution in [3.8, 4) is 0 Å². The van der Waals surface area contributed by atoms with Crippen molar-refractivity contribution < 1.29 is 0 Å². The molecule has 0 saturated carbocycles. The molecule has 2 aliphatic rings. The van der Waals surface area contributed by atoms with Crippen LogP contribution in [0.1, 0.15) is 38.7 Å². The summed E-state index contributed by atoms with van der Waals surface area (Å²) < 4.78 is 0. The maximum atomic E-state index is 6.28. The standard InChI is InChI=1S/C23H31ClN6S/c1-16-11-17(2)15-30(14-16)21-12-20(24)26-22(27-21)28-23(31)25-13-18-5-7-19(8-6-18)29-9-3-4-10-29/h5-8,12,16-17H,3-4,9-11,13-15H2,1-2H3,(H2,25,26,27,28,31). The van der Waals surface area contributed by atoms with Crippen molar-refractivity contribution in [2.75, 3.05) is 41.3 Å². The number of piperidine rings is 1. The second kappa shape index (κ2) is 10.0. The maximum Gasteiger partial charge on any atom is 0.232 e. The van der Waals surface area contributed by atoms with Gasteiger partial charge in [0.1, 0.15) is 11.0 Å². The number of aromatic nitrogens is 2. The van der Waals surface area contributed by atoms with E-state index in [-0.39, 0.29) is 0 Å². The van der Waals surface area contributed by atoms with Crippen molar-refractivity contribution in [2.45, 2.75) is 39.7 Å². The van der Waals surface area contributed by atoms with Crippen LogP contribution in [0.15, 0.2) is 30.3 Å². The Morgan fingerprint density at radius 1 is 1.06 bits per heavy atom. The van der Waals surface area contributed by atoms with E-state index in [2.05, 4.69) is 68.5 Å². The molecule has 2 unspecified atom stereocenters. The van der Waals surface area contributed by atoms with Gasteiger partial charge in [0.25, 0.3) is 0 Å². The van der Waals surface area contributed by atoms with Crippen LogP contribution >= 0.6 is 23.8 Å². The lowest BCUT2D eigenvalue weighted by atomic mass is 9.92. The highest BCUT2D eigenvalue weighted by Crippen LogP contribution is 2.27. The highest BCUT2D eigenvalue weighted by molar-refractivity contribution is 7.80. The number of nitrogens with zero attached hydrogens (tertiary/aromatic N) is 4. The first kappa shape index (κ1) is 22.1. The molecule has 2 fully saturated rings. The Morgan fingerprint density at radius 2 is 1.74 bits per heavy atom. The van der Waals surface area contributed by atoms with Crippen LogP contribution in [0, 0.1) is 11.8 Å². The zero-order chi connectivity index (χ0) is 21.8. The first-order valence-electron chi connectivity index (χ1n) is 11.1. The lowest BCUT2D eigenvalue weighted by molar-refractivity contribution is 0.355. The summed E-state index contributed by atoms with van der Waals surface area (Å²) in [6.45, 7) is 9.47. The predicted molar refractivity (Wildman–Crippen MR) is 133 cm³/mol. The fraction of sp³-hybridized carbons (Fsp3) is 0.522. The fourth-order valence-corrected chi connectivity index (χ4v) is 4.94. The van der Waals surface area contributed by atoms with Crippen LogP contribution in [-0.4, -0.2) is 41.3 Å². The molecule has 3 heterocycles. The van der Waals surface area contributed by atoms with E-state index in [0.29, 0.717) is 34.6 Å². The smallest absolute Gasteiger partial charge is 0.232 e. The number of anilines is 3. The molecule has 166 valence electrons. The van der Waals surface area contributed by atoms with Gasteiger partial charge in [-0.15, -0.1) is 0 Å². The number of halogens is 1. The van der Waals surface area contributed by atoms with Crippen LogP contribution in [-0.2, 0) is 6.54 Å². The van der Waals surface area contributed by atoms with Gasteiger partial charge in [-0.2, -0.15) is 4.98 Å². The lowest BCUT2D eigenvalue weighted by Gasteiger charge is -2.35. The molecule has 1 aromatic heterocycles. The molecular formula is C23H31ClN6S. The van der Waals surface area contributed by atoms with Gasteiger partial charge in [-0.05, 0) is 61.0 Å². The number of rotatable bonds is 5. The Hall–Kier alpha value is -2.12. The molecule has 2 aromatic rings. The minimum Gasteiger partial charge on any atom is -0.372 e. The van der Waals surface area contributed by atoms with Crippen molar-refractivity contribution in [1.82, 2.24) is 15.3 Å². The van der Waals surface area contributed by atoms with Gasteiger partial charge in [-0.25, -0.2) is 4.98 Å². The predicted octanol–water partition coefficient (Wildman–Crippen LogP) is 4.70. The van der Waals surface area contributed by atoms with Crippen LogP contribution < -0.4 is 20.4 Å². The largest absolute Gasteiger partial charge is 0.372 e. The van der Waals surface area contributed by atoms with Crippen molar-refractivity contribution >= 4 is 46.4 Å². The van der Waals surface area contributed by atoms with E-state index in [1.165, 1.54) is 30.5 Å². The summed E-state index contributed by atoms with van der Waals surface area (Å²) in [4.78, 5) is 13.7. The third-order valence-corrected chi connectivity index (χ3v) is 6.40. The second-order valence-electron chi connectivity index (χ2n) is 8.89. The summed E-state index contributed by atoms with van der Waals surface area (Å²) >= 11 is 11.7. The first-order chi connectivity index (χ1) is 15.0. The molecule has 2 aliphatic heterocycles. The van der Waals surface area contributed by atoms with E-state index >= 15 is 0 Å². The third kappa shape index (κ3) is 5.98. The average Bonchev–Trinajstić information content (AvgIpc) is 3.26. The Morgan fingerprint density at radius 3 is 2.42 bits per heavy atom. The van der Waals surface area contributed by atoms with Gasteiger partial charge in [-0.3, -0.25) is 0 Å². The molecule has 1 aromatic carbocycles. The summed E-state index contributed by atoms with van der Waals surface area (Å²) in [7, 11) is 0. The molecule has 8 heteroatoms. The number of thiocarbonyl (C=S) groups is 1. The SMILES string of the molecule is CC1CC(C)CN(c2cc(Cl)nc(NC(=S)NCc3ccc(N4CCCC4)cc3)n2)C1. The van der Waals surface area contributed by atoms with Crippen molar-refractivity contribution in [2.24, 2.45) is 11.8 Å². The number of benzene rings is 1. The van der Waals surface area contributed by atoms with Crippen molar-refractivity contribution in [3.63, 3.8) is 0 Å². The van der Waals surface area contributed by atoms with E-state index in [4.69, 9.17) is 23.8 Å². The molecule has 0 bridgehead atoms. The van der Waals surface area contributed by atoms with E-state index in [0.717, 1.165) is 32.0 Å². The van der Waals surface area contributed by atoms with Crippen molar-refractivity contribution in [3.05, 3.63) is 41.0 Å². The molecule has 2 saturated heterocycles. The molecule has 2 atom stereocenters. The fourth-order valence-electron chi connectivity index (χ4n) is 4.60. The van der Waals surface area contributed by atoms with Gasteiger partial charge in [0, 0.05) is 44.5 Å². The number of hydrogen-bond donors (Lipinski definition) is 2. The summed E-state index contributed by atoms with van der Waals surface area (Å²) in [6.07, 6.45) is 3.81. The number of hydrogen-bond acceptors (Lipinski definition) is 5. The van der Waals surface area contributed by atoms with E-state index < -0.39 is 0 Å². The van der Waals surface area contributed by atoms with Gasteiger partial charge in [-0.1, -0.05) is 37.6 Å². The molecule has 0 radical (unpaired) electrons. The zero-order valence-electron chi connectivity index (χ0n) is 18.3. The van der Waals surface area contributed by atoms with Crippen molar-refractivity contribution in [1.29, 1.82) is 0 Å². The zero-order valence-corrected chi connectivity index (χ0v) is 19.8. The average molecular weight is 459 g/mol. The van der Waals surface area contributed by atoms with Crippen LogP contribution in [0.25, 0.3) is 0 Å². The molecule has 4 rings (SSSR count). The van der Waals surface area contributed by atoms with Crippen LogP contribution in [0.5, 0.6) is 0 Å². The monoisotopic (exact) mass is 458 g/mol. The normalized spacial score (nSPS) is 21.3. The lowest BCUT2D eigenvalue weighted by Crippen LogP contribution is -2.39. The Bertz CT molecular complexity index is 889. The summed E-state index contributed by atoms with van der Waals surface area (Å²) in [5.41, 5.74) is 2.47.